The number of amides is 1. The minimum Gasteiger partial charge on any atom is -0.489 e. The first-order valence-electron chi connectivity index (χ1n) is 9.23. The van der Waals surface area contributed by atoms with Gasteiger partial charge in [-0.15, -0.1) is 0 Å². The van der Waals surface area contributed by atoms with Crippen molar-refractivity contribution in [3.63, 3.8) is 0 Å². The smallest absolute Gasteiger partial charge is 0.253 e. The number of halogens is 1. The van der Waals surface area contributed by atoms with Crippen molar-refractivity contribution in [3.05, 3.63) is 76.9 Å². The van der Waals surface area contributed by atoms with Crippen LogP contribution in [0.5, 0.6) is 11.5 Å². The Morgan fingerprint density at radius 1 is 1.10 bits per heavy atom. The standard InChI is InChI=1S/C22H23FN2O4/c1-15-19(16(2)29-24-15)14-28-18-10-8-17(9-11-18)22(26)25(3)12-13-27-21-7-5-4-6-20(21)23/h4-11H,12-14H2,1-3H3. The zero-order valence-electron chi connectivity index (χ0n) is 16.6. The molecule has 1 aromatic heterocycles. The lowest BCUT2D eigenvalue weighted by molar-refractivity contribution is 0.0773. The Hall–Kier alpha value is -3.35. The maximum absolute atomic E-state index is 13.5. The second-order valence-corrected chi connectivity index (χ2v) is 6.62. The van der Waals surface area contributed by atoms with E-state index in [1.54, 1.807) is 49.5 Å². The molecule has 0 N–H and O–H groups in total. The van der Waals surface area contributed by atoms with E-state index in [1.807, 2.05) is 13.8 Å². The van der Waals surface area contributed by atoms with E-state index < -0.39 is 5.82 Å². The molecule has 29 heavy (non-hydrogen) atoms. The fraction of sp³-hybridized carbons (Fsp3) is 0.273. The number of rotatable bonds is 8. The van der Waals surface area contributed by atoms with Crippen LogP contribution in [0.15, 0.2) is 53.1 Å². The second-order valence-electron chi connectivity index (χ2n) is 6.62. The van der Waals surface area contributed by atoms with Crippen molar-refractivity contribution in [2.45, 2.75) is 20.5 Å². The van der Waals surface area contributed by atoms with Crippen LogP contribution in [0.4, 0.5) is 4.39 Å². The van der Waals surface area contributed by atoms with Crippen LogP contribution < -0.4 is 9.47 Å². The SMILES string of the molecule is Cc1noc(C)c1COc1ccc(C(=O)N(C)CCOc2ccccc2F)cc1. The number of likely N-dealkylation sites (N-methyl/N-ethyl adjacent to an activating group) is 1. The molecule has 0 aliphatic rings. The molecule has 152 valence electrons. The number of aromatic nitrogens is 1. The molecule has 0 saturated carbocycles. The summed E-state index contributed by atoms with van der Waals surface area (Å²) >= 11 is 0. The van der Waals surface area contributed by atoms with Gasteiger partial charge in [0, 0.05) is 12.6 Å². The van der Waals surface area contributed by atoms with Gasteiger partial charge in [0.05, 0.1) is 17.8 Å². The Bertz CT molecular complexity index is 950. The molecule has 0 saturated heterocycles. The largest absolute Gasteiger partial charge is 0.489 e. The molecule has 0 fully saturated rings. The van der Waals surface area contributed by atoms with E-state index in [-0.39, 0.29) is 18.3 Å². The van der Waals surface area contributed by atoms with E-state index in [4.69, 9.17) is 14.0 Å². The summed E-state index contributed by atoms with van der Waals surface area (Å²) in [7, 11) is 1.68. The molecule has 1 amide bonds. The lowest BCUT2D eigenvalue weighted by Gasteiger charge is -2.18. The molecule has 0 aliphatic heterocycles. The summed E-state index contributed by atoms with van der Waals surface area (Å²) in [4.78, 5) is 14.1. The van der Waals surface area contributed by atoms with Crippen molar-refractivity contribution in [2.24, 2.45) is 0 Å². The first kappa shape index (κ1) is 20.4. The van der Waals surface area contributed by atoms with E-state index in [0.29, 0.717) is 24.5 Å². The molecule has 0 bridgehead atoms. The van der Waals surface area contributed by atoms with Gasteiger partial charge in [0.1, 0.15) is 24.7 Å². The van der Waals surface area contributed by atoms with Crippen molar-refractivity contribution in [1.29, 1.82) is 0 Å². The fourth-order valence-corrected chi connectivity index (χ4v) is 2.73. The molecule has 3 rings (SSSR count). The Labute approximate surface area is 168 Å². The van der Waals surface area contributed by atoms with E-state index >= 15 is 0 Å². The summed E-state index contributed by atoms with van der Waals surface area (Å²) in [6, 6.07) is 13.1. The molecule has 7 heteroatoms. The Kier molecular flexibility index (Phi) is 6.49. The molecule has 0 aliphatic carbocycles. The number of nitrogens with zero attached hydrogens (tertiary/aromatic N) is 2. The molecule has 0 spiro atoms. The predicted octanol–water partition coefficient (Wildman–Crippen LogP) is 4.16. The van der Waals surface area contributed by atoms with E-state index in [2.05, 4.69) is 5.16 Å². The number of hydrogen-bond acceptors (Lipinski definition) is 5. The van der Waals surface area contributed by atoms with Crippen molar-refractivity contribution >= 4 is 5.91 Å². The van der Waals surface area contributed by atoms with E-state index in [0.717, 1.165) is 17.0 Å². The maximum Gasteiger partial charge on any atom is 0.253 e. The monoisotopic (exact) mass is 398 g/mol. The van der Waals surface area contributed by atoms with Crippen molar-refractivity contribution in [3.8, 4) is 11.5 Å². The zero-order valence-corrected chi connectivity index (χ0v) is 16.6. The summed E-state index contributed by atoms with van der Waals surface area (Å²) in [6.45, 7) is 4.58. The normalized spacial score (nSPS) is 10.6. The Morgan fingerprint density at radius 2 is 1.83 bits per heavy atom. The van der Waals surface area contributed by atoms with Crippen LogP contribution in [0.1, 0.15) is 27.4 Å². The van der Waals surface area contributed by atoms with Crippen LogP contribution >= 0.6 is 0 Å². The van der Waals surface area contributed by atoms with Gasteiger partial charge >= 0.3 is 0 Å². The van der Waals surface area contributed by atoms with Crippen LogP contribution in [0.3, 0.4) is 0 Å². The molecular weight excluding hydrogens is 375 g/mol. The third-order valence-corrected chi connectivity index (χ3v) is 4.53. The molecule has 0 radical (unpaired) electrons. The maximum atomic E-state index is 13.5. The first-order chi connectivity index (χ1) is 14.0. The average molecular weight is 398 g/mol. The van der Waals surface area contributed by atoms with Crippen molar-refractivity contribution in [1.82, 2.24) is 10.1 Å². The minimum absolute atomic E-state index is 0.153. The third kappa shape index (κ3) is 5.13. The predicted molar refractivity (Wildman–Crippen MR) is 106 cm³/mol. The lowest BCUT2D eigenvalue weighted by Crippen LogP contribution is -2.30. The quantitative estimate of drug-likeness (QED) is 0.570. The van der Waals surface area contributed by atoms with Gasteiger partial charge in [-0.3, -0.25) is 4.79 Å². The Morgan fingerprint density at radius 3 is 2.48 bits per heavy atom. The highest BCUT2D eigenvalue weighted by Gasteiger charge is 2.13. The number of carbonyl (C=O) groups excluding carboxylic acids is 1. The van der Waals surface area contributed by atoms with E-state index in [9.17, 15) is 9.18 Å². The molecule has 6 nitrogen and oxygen atoms in total. The number of hydrogen-bond donors (Lipinski definition) is 0. The number of ether oxygens (including phenoxy) is 2. The highest BCUT2D eigenvalue weighted by molar-refractivity contribution is 5.94. The van der Waals surface area contributed by atoms with Crippen molar-refractivity contribution < 1.29 is 23.2 Å². The molecule has 0 unspecified atom stereocenters. The summed E-state index contributed by atoms with van der Waals surface area (Å²) in [5, 5.41) is 3.90. The summed E-state index contributed by atoms with van der Waals surface area (Å²) < 4.78 is 29.8. The Balaban J connectivity index is 1.50. The highest BCUT2D eigenvalue weighted by atomic mass is 19.1. The molecule has 2 aromatic carbocycles. The number of para-hydroxylation sites is 1. The summed E-state index contributed by atoms with van der Waals surface area (Å²) in [5.74, 6) is 0.974. The van der Waals surface area contributed by atoms with E-state index in [1.165, 1.54) is 11.0 Å². The molecule has 1 heterocycles. The second kappa shape index (κ2) is 9.23. The van der Waals surface area contributed by atoms with Gasteiger partial charge in [0.2, 0.25) is 0 Å². The zero-order chi connectivity index (χ0) is 20.8. The summed E-state index contributed by atoms with van der Waals surface area (Å²) in [6.07, 6.45) is 0. The van der Waals surface area contributed by atoms with Crippen LogP contribution in [0.2, 0.25) is 0 Å². The van der Waals surface area contributed by atoms with Gasteiger partial charge in [0.15, 0.2) is 11.6 Å². The first-order valence-corrected chi connectivity index (χ1v) is 9.23. The molecule has 3 aromatic rings. The number of aryl methyl sites for hydroxylation is 2. The van der Waals surface area contributed by atoms with Gasteiger partial charge in [-0.1, -0.05) is 17.3 Å². The van der Waals surface area contributed by atoms with Gasteiger partial charge in [0.25, 0.3) is 5.91 Å². The van der Waals surface area contributed by atoms with Crippen LogP contribution in [-0.4, -0.2) is 36.2 Å². The highest BCUT2D eigenvalue weighted by Crippen LogP contribution is 2.19. The van der Waals surface area contributed by atoms with Crippen LogP contribution in [0.25, 0.3) is 0 Å². The van der Waals surface area contributed by atoms with Crippen molar-refractivity contribution in [2.75, 3.05) is 20.2 Å². The molecule has 0 atom stereocenters. The summed E-state index contributed by atoms with van der Waals surface area (Å²) in [5.41, 5.74) is 2.25. The van der Waals surface area contributed by atoms with Gasteiger partial charge in [-0.2, -0.15) is 0 Å². The van der Waals surface area contributed by atoms with Gasteiger partial charge in [-0.25, -0.2) is 4.39 Å². The number of benzene rings is 2. The molecular formula is C22H23FN2O4. The van der Waals surface area contributed by atoms with Crippen LogP contribution in [0, 0.1) is 19.7 Å². The average Bonchev–Trinajstić information content (AvgIpc) is 3.05. The minimum atomic E-state index is -0.423. The topological polar surface area (TPSA) is 64.8 Å². The van der Waals surface area contributed by atoms with Gasteiger partial charge < -0.3 is 18.9 Å². The lowest BCUT2D eigenvalue weighted by atomic mass is 10.2. The third-order valence-electron chi connectivity index (χ3n) is 4.53. The fourth-order valence-electron chi connectivity index (χ4n) is 2.73. The van der Waals surface area contributed by atoms with Crippen LogP contribution in [-0.2, 0) is 6.61 Å². The number of carbonyl (C=O) groups is 1. The van der Waals surface area contributed by atoms with Gasteiger partial charge in [-0.05, 0) is 50.2 Å².